The number of ether oxygens (including phenoxy) is 1. The first-order valence-corrected chi connectivity index (χ1v) is 6.16. The molecular formula is C13H12Cl2N2O. The van der Waals surface area contributed by atoms with Crippen molar-refractivity contribution >= 4 is 23.2 Å². The molecule has 94 valence electrons. The molecule has 0 amide bonds. The minimum atomic E-state index is 0.352. The SMILES string of the molecule is NCc1ccc(OCc2cnc(Cl)cc2Cl)cc1. The van der Waals surface area contributed by atoms with E-state index in [9.17, 15) is 0 Å². The molecule has 0 fully saturated rings. The number of nitrogens with two attached hydrogens (primary N) is 1. The topological polar surface area (TPSA) is 48.1 Å². The van der Waals surface area contributed by atoms with Crippen molar-refractivity contribution in [2.75, 3.05) is 0 Å². The van der Waals surface area contributed by atoms with E-state index >= 15 is 0 Å². The molecule has 0 saturated heterocycles. The number of pyridine rings is 1. The van der Waals surface area contributed by atoms with Crippen LogP contribution in [0.1, 0.15) is 11.1 Å². The number of halogens is 2. The fourth-order valence-electron chi connectivity index (χ4n) is 1.42. The van der Waals surface area contributed by atoms with E-state index in [-0.39, 0.29) is 0 Å². The van der Waals surface area contributed by atoms with Gasteiger partial charge in [-0.25, -0.2) is 4.98 Å². The molecular weight excluding hydrogens is 271 g/mol. The molecule has 2 rings (SSSR count). The lowest BCUT2D eigenvalue weighted by Gasteiger charge is -2.08. The van der Waals surface area contributed by atoms with Gasteiger partial charge in [0.2, 0.25) is 0 Å². The van der Waals surface area contributed by atoms with Crippen molar-refractivity contribution < 1.29 is 4.74 Å². The Bertz CT molecular complexity index is 529. The van der Waals surface area contributed by atoms with E-state index in [1.165, 1.54) is 0 Å². The average molecular weight is 283 g/mol. The predicted octanol–water partition coefficient (Wildman–Crippen LogP) is 3.43. The Morgan fingerprint density at radius 2 is 1.89 bits per heavy atom. The molecule has 1 aromatic carbocycles. The molecule has 0 saturated carbocycles. The molecule has 0 bridgehead atoms. The van der Waals surface area contributed by atoms with E-state index in [0.717, 1.165) is 16.9 Å². The molecule has 2 aromatic rings. The third kappa shape index (κ3) is 3.35. The van der Waals surface area contributed by atoms with Gasteiger partial charge in [0.05, 0.1) is 5.02 Å². The highest BCUT2D eigenvalue weighted by Gasteiger charge is 2.03. The number of nitrogens with zero attached hydrogens (tertiary/aromatic N) is 1. The second kappa shape index (κ2) is 6.05. The number of benzene rings is 1. The van der Waals surface area contributed by atoms with Crippen molar-refractivity contribution in [1.29, 1.82) is 0 Å². The van der Waals surface area contributed by atoms with Crippen LogP contribution in [-0.2, 0) is 13.2 Å². The van der Waals surface area contributed by atoms with E-state index < -0.39 is 0 Å². The molecule has 18 heavy (non-hydrogen) atoms. The van der Waals surface area contributed by atoms with Crippen molar-refractivity contribution in [3.8, 4) is 5.75 Å². The van der Waals surface area contributed by atoms with Crippen molar-refractivity contribution in [1.82, 2.24) is 4.98 Å². The Morgan fingerprint density at radius 1 is 1.17 bits per heavy atom. The summed E-state index contributed by atoms with van der Waals surface area (Å²) in [6.45, 7) is 0.873. The number of hydrogen-bond acceptors (Lipinski definition) is 3. The first-order chi connectivity index (χ1) is 8.69. The average Bonchev–Trinajstić information content (AvgIpc) is 2.38. The van der Waals surface area contributed by atoms with Crippen LogP contribution in [0.2, 0.25) is 10.2 Å². The molecule has 0 spiro atoms. The maximum absolute atomic E-state index is 6.02. The maximum Gasteiger partial charge on any atom is 0.130 e. The molecule has 0 unspecified atom stereocenters. The third-order valence-corrected chi connectivity index (χ3v) is 3.01. The van der Waals surface area contributed by atoms with Gasteiger partial charge in [0, 0.05) is 18.3 Å². The summed E-state index contributed by atoms with van der Waals surface area (Å²) < 4.78 is 5.60. The lowest BCUT2D eigenvalue weighted by molar-refractivity contribution is 0.306. The molecule has 0 atom stereocenters. The third-order valence-electron chi connectivity index (χ3n) is 2.45. The summed E-state index contributed by atoms with van der Waals surface area (Å²) in [5, 5.41) is 0.921. The molecule has 3 nitrogen and oxygen atoms in total. The zero-order valence-electron chi connectivity index (χ0n) is 9.57. The van der Waals surface area contributed by atoms with Crippen LogP contribution in [0, 0.1) is 0 Å². The van der Waals surface area contributed by atoms with Crippen LogP contribution in [0.3, 0.4) is 0 Å². The van der Waals surface area contributed by atoms with Gasteiger partial charge in [-0.05, 0) is 23.8 Å². The number of rotatable bonds is 4. The van der Waals surface area contributed by atoms with Gasteiger partial charge in [0.25, 0.3) is 0 Å². The molecule has 1 aromatic heterocycles. The summed E-state index contributed by atoms with van der Waals surface area (Å²) in [6.07, 6.45) is 1.61. The van der Waals surface area contributed by atoms with E-state index in [0.29, 0.717) is 23.3 Å². The first kappa shape index (κ1) is 13.1. The van der Waals surface area contributed by atoms with E-state index in [1.54, 1.807) is 12.3 Å². The van der Waals surface area contributed by atoms with E-state index in [1.807, 2.05) is 24.3 Å². The quantitative estimate of drug-likeness (QED) is 0.874. The summed E-state index contributed by atoms with van der Waals surface area (Å²) in [6, 6.07) is 9.20. The second-order valence-electron chi connectivity index (χ2n) is 3.74. The normalized spacial score (nSPS) is 10.4. The van der Waals surface area contributed by atoms with E-state index in [4.69, 9.17) is 33.7 Å². The Labute approximate surface area is 115 Å². The van der Waals surface area contributed by atoms with Crippen LogP contribution in [0.5, 0.6) is 5.75 Å². The summed E-state index contributed by atoms with van der Waals surface area (Å²) in [5.74, 6) is 0.762. The van der Waals surface area contributed by atoms with Crippen LogP contribution in [-0.4, -0.2) is 4.98 Å². The van der Waals surface area contributed by atoms with Crippen molar-refractivity contribution in [3.05, 3.63) is 57.8 Å². The zero-order chi connectivity index (χ0) is 13.0. The van der Waals surface area contributed by atoms with Gasteiger partial charge in [-0.1, -0.05) is 35.3 Å². The number of aromatic nitrogens is 1. The standard InChI is InChI=1S/C13H12Cl2N2O/c14-12-5-13(15)17-7-10(12)8-18-11-3-1-9(6-16)2-4-11/h1-5,7H,6,8,16H2. The van der Waals surface area contributed by atoms with E-state index in [2.05, 4.69) is 4.98 Å². The van der Waals surface area contributed by atoms with Crippen LogP contribution in [0.25, 0.3) is 0 Å². The van der Waals surface area contributed by atoms with Crippen molar-refractivity contribution in [2.24, 2.45) is 5.73 Å². The fraction of sp³-hybridized carbons (Fsp3) is 0.154. The van der Waals surface area contributed by atoms with Gasteiger partial charge in [-0.15, -0.1) is 0 Å². The van der Waals surface area contributed by atoms with Crippen molar-refractivity contribution in [3.63, 3.8) is 0 Å². The molecule has 5 heteroatoms. The van der Waals surface area contributed by atoms with Gasteiger partial charge in [0.1, 0.15) is 17.5 Å². The molecule has 0 aliphatic heterocycles. The highest BCUT2D eigenvalue weighted by Crippen LogP contribution is 2.21. The highest BCUT2D eigenvalue weighted by molar-refractivity contribution is 6.34. The Hall–Kier alpha value is -1.29. The van der Waals surface area contributed by atoms with Gasteiger partial charge in [-0.3, -0.25) is 0 Å². The summed E-state index contributed by atoms with van der Waals surface area (Å²) in [5.41, 5.74) is 7.38. The monoisotopic (exact) mass is 282 g/mol. The summed E-state index contributed by atoms with van der Waals surface area (Å²) >= 11 is 11.7. The van der Waals surface area contributed by atoms with Gasteiger partial charge in [0.15, 0.2) is 0 Å². The van der Waals surface area contributed by atoms with Crippen LogP contribution in [0.4, 0.5) is 0 Å². The van der Waals surface area contributed by atoms with Crippen LogP contribution in [0.15, 0.2) is 36.5 Å². The van der Waals surface area contributed by atoms with Crippen molar-refractivity contribution in [2.45, 2.75) is 13.2 Å². The minimum Gasteiger partial charge on any atom is -0.489 e. The minimum absolute atomic E-state index is 0.352. The Kier molecular flexibility index (Phi) is 4.42. The fourth-order valence-corrected chi connectivity index (χ4v) is 1.85. The Morgan fingerprint density at radius 3 is 2.50 bits per heavy atom. The number of hydrogen-bond donors (Lipinski definition) is 1. The Balaban J connectivity index is 2.02. The first-order valence-electron chi connectivity index (χ1n) is 5.41. The molecule has 0 radical (unpaired) electrons. The largest absolute Gasteiger partial charge is 0.489 e. The highest BCUT2D eigenvalue weighted by atomic mass is 35.5. The lowest BCUT2D eigenvalue weighted by Crippen LogP contribution is -1.99. The van der Waals surface area contributed by atoms with Gasteiger partial charge < -0.3 is 10.5 Å². The maximum atomic E-state index is 6.02. The van der Waals surface area contributed by atoms with Crippen LogP contribution >= 0.6 is 23.2 Å². The second-order valence-corrected chi connectivity index (χ2v) is 4.53. The molecule has 0 aliphatic rings. The van der Waals surface area contributed by atoms with Crippen LogP contribution < -0.4 is 10.5 Å². The smallest absolute Gasteiger partial charge is 0.130 e. The molecule has 2 N–H and O–H groups in total. The summed E-state index contributed by atoms with van der Waals surface area (Å²) in [4.78, 5) is 3.96. The lowest BCUT2D eigenvalue weighted by atomic mass is 10.2. The zero-order valence-corrected chi connectivity index (χ0v) is 11.1. The van der Waals surface area contributed by atoms with Gasteiger partial charge in [-0.2, -0.15) is 0 Å². The predicted molar refractivity (Wildman–Crippen MR) is 72.9 cm³/mol. The van der Waals surface area contributed by atoms with Gasteiger partial charge >= 0.3 is 0 Å². The summed E-state index contributed by atoms with van der Waals surface area (Å²) in [7, 11) is 0. The molecule has 1 heterocycles. The molecule has 0 aliphatic carbocycles.